The van der Waals surface area contributed by atoms with Crippen LogP contribution in [0.3, 0.4) is 0 Å². The Kier molecular flexibility index (Phi) is 3.13. The molecule has 0 saturated carbocycles. The average molecular weight is 274 g/mol. The SMILES string of the molecule is CN1C(=O)CC(Nc2ccc(C(F)(F)F)nn2)C1=O. The molecule has 6 nitrogen and oxygen atoms in total. The second-order valence-corrected chi connectivity index (χ2v) is 3.99. The van der Waals surface area contributed by atoms with E-state index in [-0.39, 0.29) is 18.1 Å². The number of anilines is 1. The molecular formula is C10H9F3N4O2. The van der Waals surface area contributed by atoms with Gasteiger partial charge in [-0.1, -0.05) is 0 Å². The third-order valence-electron chi connectivity index (χ3n) is 2.66. The van der Waals surface area contributed by atoms with Crippen LogP contribution < -0.4 is 5.32 Å². The van der Waals surface area contributed by atoms with Gasteiger partial charge in [-0.3, -0.25) is 14.5 Å². The second-order valence-electron chi connectivity index (χ2n) is 3.99. The van der Waals surface area contributed by atoms with E-state index in [4.69, 9.17) is 0 Å². The molecule has 2 heterocycles. The highest BCUT2D eigenvalue weighted by atomic mass is 19.4. The van der Waals surface area contributed by atoms with E-state index in [9.17, 15) is 22.8 Å². The van der Waals surface area contributed by atoms with Crippen molar-refractivity contribution in [2.45, 2.75) is 18.6 Å². The van der Waals surface area contributed by atoms with Crippen molar-refractivity contribution in [3.8, 4) is 0 Å². The van der Waals surface area contributed by atoms with Crippen LogP contribution in [0.5, 0.6) is 0 Å². The zero-order valence-corrected chi connectivity index (χ0v) is 9.73. The lowest BCUT2D eigenvalue weighted by Gasteiger charge is -2.11. The van der Waals surface area contributed by atoms with E-state index < -0.39 is 23.8 Å². The fourth-order valence-corrected chi connectivity index (χ4v) is 1.61. The highest BCUT2D eigenvalue weighted by Gasteiger charge is 2.36. The lowest BCUT2D eigenvalue weighted by atomic mass is 10.2. The van der Waals surface area contributed by atoms with Gasteiger partial charge in [-0.05, 0) is 12.1 Å². The van der Waals surface area contributed by atoms with E-state index in [2.05, 4.69) is 15.5 Å². The molecular weight excluding hydrogens is 265 g/mol. The van der Waals surface area contributed by atoms with Crippen molar-refractivity contribution in [3.63, 3.8) is 0 Å². The summed E-state index contributed by atoms with van der Waals surface area (Å²) in [6.07, 6.45) is -4.62. The zero-order valence-electron chi connectivity index (χ0n) is 9.73. The molecule has 0 radical (unpaired) electrons. The van der Waals surface area contributed by atoms with Gasteiger partial charge in [0.15, 0.2) is 5.69 Å². The first-order valence-corrected chi connectivity index (χ1v) is 5.27. The Balaban J connectivity index is 2.09. The molecule has 19 heavy (non-hydrogen) atoms. The lowest BCUT2D eigenvalue weighted by molar-refractivity contribution is -0.142. The van der Waals surface area contributed by atoms with Crippen LogP contribution in [0, 0.1) is 0 Å². The molecule has 0 aromatic carbocycles. The minimum absolute atomic E-state index is 0.00875. The van der Waals surface area contributed by atoms with Crippen LogP contribution in [0.2, 0.25) is 0 Å². The van der Waals surface area contributed by atoms with Crippen molar-refractivity contribution in [1.29, 1.82) is 0 Å². The van der Waals surface area contributed by atoms with Crippen molar-refractivity contribution in [3.05, 3.63) is 17.8 Å². The molecule has 1 N–H and O–H groups in total. The summed E-state index contributed by atoms with van der Waals surface area (Å²) in [7, 11) is 1.34. The number of carbonyl (C=O) groups excluding carboxylic acids is 2. The van der Waals surface area contributed by atoms with E-state index >= 15 is 0 Å². The second kappa shape index (κ2) is 4.48. The zero-order chi connectivity index (χ0) is 14.2. The molecule has 0 aliphatic carbocycles. The number of likely N-dealkylation sites (tertiary alicyclic amines) is 1. The highest BCUT2D eigenvalue weighted by molar-refractivity contribution is 6.06. The first kappa shape index (κ1) is 13.2. The number of likely N-dealkylation sites (N-methyl/N-ethyl adjacent to an activating group) is 1. The Morgan fingerprint density at radius 1 is 1.32 bits per heavy atom. The minimum Gasteiger partial charge on any atom is -0.356 e. The minimum atomic E-state index is -4.56. The molecule has 1 atom stereocenters. The maximum Gasteiger partial charge on any atom is 0.435 e. The van der Waals surface area contributed by atoms with Gasteiger partial charge >= 0.3 is 6.18 Å². The van der Waals surface area contributed by atoms with Gasteiger partial charge in [0.2, 0.25) is 5.91 Å². The summed E-state index contributed by atoms with van der Waals surface area (Å²) < 4.78 is 36.8. The standard InChI is InChI=1S/C10H9F3N4O2/c1-17-8(18)4-5(9(17)19)14-7-3-2-6(15-16-7)10(11,12)13/h2-3,5H,4H2,1H3,(H,14,16). The summed E-state index contributed by atoms with van der Waals surface area (Å²) in [6.45, 7) is 0. The summed E-state index contributed by atoms with van der Waals surface area (Å²) in [5.74, 6) is -0.802. The number of carbonyl (C=O) groups is 2. The largest absolute Gasteiger partial charge is 0.435 e. The Bertz CT molecular complexity index is 515. The summed E-state index contributed by atoms with van der Waals surface area (Å²) in [4.78, 5) is 23.8. The van der Waals surface area contributed by atoms with Crippen LogP contribution in [-0.2, 0) is 15.8 Å². The normalized spacial score (nSPS) is 20.0. The molecule has 1 fully saturated rings. The number of hydrogen-bond acceptors (Lipinski definition) is 5. The topological polar surface area (TPSA) is 75.2 Å². The van der Waals surface area contributed by atoms with E-state index in [1.165, 1.54) is 7.05 Å². The molecule has 1 aromatic heterocycles. The fraction of sp³-hybridized carbons (Fsp3) is 0.400. The number of rotatable bonds is 2. The average Bonchev–Trinajstić information content (AvgIpc) is 2.57. The summed E-state index contributed by atoms with van der Waals surface area (Å²) in [6, 6.07) is 0.996. The molecule has 2 rings (SSSR count). The smallest absolute Gasteiger partial charge is 0.356 e. The molecule has 1 unspecified atom stereocenters. The number of nitrogens with zero attached hydrogens (tertiary/aromatic N) is 3. The Hall–Kier alpha value is -2.19. The third kappa shape index (κ3) is 2.64. The Morgan fingerprint density at radius 2 is 2.00 bits per heavy atom. The number of imide groups is 1. The van der Waals surface area contributed by atoms with Gasteiger partial charge in [0.05, 0.1) is 6.42 Å². The first-order chi connectivity index (χ1) is 8.79. The fourth-order valence-electron chi connectivity index (χ4n) is 1.61. The van der Waals surface area contributed by atoms with Crippen molar-refractivity contribution < 1.29 is 22.8 Å². The van der Waals surface area contributed by atoms with E-state index in [0.29, 0.717) is 0 Å². The number of nitrogens with one attached hydrogen (secondary N) is 1. The monoisotopic (exact) mass is 274 g/mol. The molecule has 0 spiro atoms. The summed E-state index contributed by atoms with van der Waals surface area (Å²) in [5, 5.41) is 8.91. The summed E-state index contributed by atoms with van der Waals surface area (Å²) >= 11 is 0. The quantitative estimate of drug-likeness (QED) is 0.802. The van der Waals surface area contributed by atoms with E-state index in [0.717, 1.165) is 17.0 Å². The number of halogens is 3. The molecule has 1 saturated heterocycles. The van der Waals surface area contributed by atoms with Gasteiger partial charge in [-0.15, -0.1) is 10.2 Å². The van der Waals surface area contributed by atoms with Gasteiger partial charge in [0.25, 0.3) is 5.91 Å². The molecule has 2 amide bonds. The molecule has 102 valence electrons. The Labute approximate surface area is 105 Å². The Morgan fingerprint density at radius 3 is 2.42 bits per heavy atom. The van der Waals surface area contributed by atoms with Crippen LogP contribution >= 0.6 is 0 Å². The van der Waals surface area contributed by atoms with Crippen LogP contribution in [0.25, 0.3) is 0 Å². The van der Waals surface area contributed by atoms with E-state index in [1.54, 1.807) is 0 Å². The van der Waals surface area contributed by atoms with E-state index in [1.807, 2.05) is 0 Å². The van der Waals surface area contributed by atoms with Crippen LogP contribution in [-0.4, -0.2) is 40.0 Å². The van der Waals surface area contributed by atoms with Crippen molar-refractivity contribution in [2.75, 3.05) is 12.4 Å². The molecule has 9 heteroatoms. The molecule has 1 aliphatic rings. The number of hydrogen-bond donors (Lipinski definition) is 1. The van der Waals surface area contributed by atoms with Gasteiger partial charge in [-0.25, -0.2) is 0 Å². The molecule has 1 aliphatic heterocycles. The maximum atomic E-state index is 12.3. The predicted octanol–water partition coefficient (Wildman–Crippen LogP) is 0.665. The highest BCUT2D eigenvalue weighted by Crippen LogP contribution is 2.27. The van der Waals surface area contributed by atoms with Crippen molar-refractivity contribution in [1.82, 2.24) is 15.1 Å². The van der Waals surface area contributed by atoms with Crippen molar-refractivity contribution in [2.24, 2.45) is 0 Å². The van der Waals surface area contributed by atoms with Gasteiger partial charge in [-0.2, -0.15) is 13.2 Å². The number of amides is 2. The molecule has 0 bridgehead atoms. The maximum absolute atomic E-state index is 12.3. The first-order valence-electron chi connectivity index (χ1n) is 5.27. The van der Waals surface area contributed by atoms with Crippen LogP contribution in [0.1, 0.15) is 12.1 Å². The van der Waals surface area contributed by atoms with Crippen LogP contribution in [0.15, 0.2) is 12.1 Å². The van der Waals surface area contributed by atoms with Crippen molar-refractivity contribution >= 4 is 17.6 Å². The number of alkyl halides is 3. The summed E-state index contributed by atoms with van der Waals surface area (Å²) in [5.41, 5.74) is -1.12. The third-order valence-corrected chi connectivity index (χ3v) is 2.66. The molecule has 1 aromatic rings. The predicted molar refractivity (Wildman–Crippen MR) is 56.8 cm³/mol. The van der Waals surface area contributed by atoms with Crippen LogP contribution in [0.4, 0.5) is 19.0 Å². The van der Waals surface area contributed by atoms with Gasteiger partial charge < -0.3 is 5.32 Å². The lowest BCUT2D eigenvalue weighted by Crippen LogP contribution is -2.32. The van der Waals surface area contributed by atoms with Gasteiger partial charge in [0, 0.05) is 7.05 Å². The van der Waals surface area contributed by atoms with Gasteiger partial charge in [0.1, 0.15) is 11.9 Å². The number of aromatic nitrogens is 2.